The van der Waals surface area contributed by atoms with Crippen molar-refractivity contribution >= 4 is 34.2 Å². The highest BCUT2D eigenvalue weighted by atomic mass is 35.5. The number of pyridine rings is 1. The zero-order valence-electron chi connectivity index (χ0n) is 20.5. The highest BCUT2D eigenvalue weighted by molar-refractivity contribution is 6.33. The molecular weight excluding hydrogens is 482 g/mol. The lowest BCUT2D eigenvalue weighted by Crippen LogP contribution is -2.35. The lowest BCUT2D eigenvalue weighted by atomic mass is 10.1. The van der Waals surface area contributed by atoms with Crippen LogP contribution in [0.1, 0.15) is 26.3 Å². The number of hydrogen-bond donors (Lipinski definition) is 3. The van der Waals surface area contributed by atoms with E-state index in [1.807, 2.05) is 20.8 Å². The third kappa shape index (κ3) is 6.98. The van der Waals surface area contributed by atoms with E-state index in [9.17, 15) is 15.2 Å². The lowest BCUT2D eigenvalue weighted by molar-refractivity contribution is 0.0716. The smallest absolute Gasteiger partial charge is 0.319 e. The van der Waals surface area contributed by atoms with Crippen LogP contribution in [0.4, 0.5) is 10.5 Å². The van der Waals surface area contributed by atoms with Crippen molar-refractivity contribution in [1.29, 1.82) is 5.26 Å². The molecule has 3 N–H and O–H groups in total. The topological polar surface area (TPSA) is 120 Å². The Hall–Kier alpha value is -3.58. The van der Waals surface area contributed by atoms with Crippen molar-refractivity contribution < 1.29 is 19.4 Å². The Labute approximate surface area is 215 Å². The van der Waals surface area contributed by atoms with E-state index in [4.69, 9.17) is 21.1 Å². The summed E-state index contributed by atoms with van der Waals surface area (Å²) in [5, 5.41) is 26.3. The second-order valence-electron chi connectivity index (χ2n) is 7.97. The maximum absolute atomic E-state index is 11.8. The predicted molar refractivity (Wildman–Crippen MR) is 140 cm³/mol. The van der Waals surface area contributed by atoms with Crippen LogP contribution in [0.2, 0.25) is 5.02 Å². The van der Waals surface area contributed by atoms with Crippen LogP contribution in [-0.2, 0) is 0 Å². The number of ether oxygens (including phenoxy) is 2. The Morgan fingerprint density at radius 2 is 1.97 bits per heavy atom. The third-order valence-electron chi connectivity index (χ3n) is 5.47. The van der Waals surface area contributed by atoms with Gasteiger partial charge in [-0.1, -0.05) is 25.4 Å². The van der Waals surface area contributed by atoms with Gasteiger partial charge in [0.05, 0.1) is 21.8 Å². The number of aromatic nitrogens is 1. The first-order valence-corrected chi connectivity index (χ1v) is 12.1. The van der Waals surface area contributed by atoms with Gasteiger partial charge in [-0.25, -0.2) is 4.79 Å². The van der Waals surface area contributed by atoms with E-state index in [1.165, 1.54) is 0 Å². The largest absolute Gasteiger partial charge is 0.489 e. The molecule has 9 nitrogen and oxygen atoms in total. The van der Waals surface area contributed by atoms with Crippen molar-refractivity contribution in [2.75, 3.05) is 38.1 Å². The molecular formula is C26H30ClN5O4. The van der Waals surface area contributed by atoms with Crippen LogP contribution in [0.3, 0.4) is 0 Å². The summed E-state index contributed by atoms with van der Waals surface area (Å²) in [7, 11) is 0. The molecule has 0 aliphatic heterocycles. The number of hydrogen-bond acceptors (Lipinski definition) is 7. The first-order valence-electron chi connectivity index (χ1n) is 11.8. The number of halogens is 1. The summed E-state index contributed by atoms with van der Waals surface area (Å²) in [6.45, 7) is 8.59. The number of aliphatic hydroxyl groups excluding tert-OH is 1. The lowest BCUT2D eigenvalue weighted by Gasteiger charge is -2.22. The van der Waals surface area contributed by atoms with Crippen LogP contribution >= 0.6 is 11.6 Å². The van der Waals surface area contributed by atoms with Gasteiger partial charge in [0.25, 0.3) is 0 Å². The van der Waals surface area contributed by atoms with E-state index >= 15 is 0 Å². The van der Waals surface area contributed by atoms with Crippen molar-refractivity contribution in [3.63, 3.8) is 0 Å². The van der Waals surface area contributed by atoms with Crippen LogP contribution in [0.15, 0.2) is 42.6 Å². The van der Waals surface area contributed by atoms with Gasteiger partial charge in [0.15, 0.2) is 0 Å². The van der Waals surface area contributed by atoms with E-state index in [0.29, 0.717) is 57.5 Å². The Morgan fingerprint density at radius 3 is 2.64 bits per heavy atom. The number of carbonyl (C=O) groups is 1. The van der Waals surface area contributed by atoms with Gasteiger partial charge in [0.1, 0.15) is 36.0 Å². The number of rotatable bonds is 11. The molecule has 0 saturated heterocycles. The first kappa shape index (κ1) is 27.0. The third-order valence-corrected chi connectivity index (χ3v) is 5.78. The summed E-state index contributed by atoms with van der Waals surface area (Å²) in [6, 6.07) is 11.7. The van der Waals surface area contributed by atoms with Crippen molar-refractivity contribution in [2.45, 2.75) is 26.9 Å². The Morgan fingerprint density at radius 1 is 1.19 bits per heavy atom. The number of amides is 2. The molecule has 0 aliphatic rings. The van der Waals surface area contributed by atoms with Gasteiger partial charge in [0, 0.05) is 36.8 Å². The molecule has 3 aromatic rings. The van der Waals surface area contributed by atoms with Crippen molar-refractivity contribution in [2.24, 2.45) is 0 Å². The van der Waals surface area contributed by atoms with E-state index in [0.717, 1.165) is 13.1 Å². The molecule has 0 bridgehead atoms. The van der Waals surface area contributed by atoms with Crippen molar-refractivity contribution in [3.05, 3.63) is 53.2 Å². The Kier molecular flexibility index (Phi) is 9.70. The average molecular weight is 512 g/mol. The van der Waals surface area contributed by atoms with Gasteiger partial charge in [-0.05, 0) is 44.3 Å². The Bertz CT molecular complexity index is 1240. The summed E-state index contributed by atoms with van der Waals surface area (Å²) in [5.74, 6) is 1.27. The molecule has 0 spiro atoms. The summed E-state index contributed by atoms with van der Waals surface area (Å²) in [6.07, 6.45) is 0.903. The molecule has 0 aliphatic carbocycles. The Balaban J connectivity index is 1.80. The predicted octanol–water partition coefficient (Wildman–Crippen LogP) is 4.78. The minimum atomic E-state index is -0.690. The highest BCUT2D eigenvalue weighted by Gasteiger charge is 2.15. The summed E-state index contributed by atoms with van der Waals surface area (Å²) in [5.41, 5.74) is 1.32. The zero-order chi connectivity index (χ0) is 26.1. The molecule has 0 fully saturated rings. The van der Waals surface area contributed by atoms with E-state index in [-0.39, 0.29) is 12.6 Å². The molecule has 3 rings (SSSR count). The molecule has 0 unspecified atom stereocenters. The fourth-order valence-corrected chi connectivity index (χ4v) is 3.80. The fourth-order valence-electron chi connectivity index (χ4n) is 3.58. The van der Waals surface area contributed by atoms with E-state index in [1.54, 1.807) is 42.6 Å². The molecule has 190 valence electrons. The first-order chi connectivity index (χ1) is 17.4. The number of aliphatic hydroxyl groups is 1. The number of nitriles is 1. The van der Waals surface area contributed by atoms with E-state index in [2.05, 4.69) is 26.6 Å². The number of nitrogens with zero attached hydrogens (tertiary/aromatic N) is 3. The quantitative estimate of drug-likeness (QED) is 0.339. The van der Waals surface area contributed by atoms with Gasteiger partial charge in [0.2, 0.25) is 0 Å². The second-order valence-corrected chi connectivity index (χ2v) is 8.37. The molecule has 0 saturated carbocycles. The summed E-state index contributed by atoms with van der Waals surface area (Å²) in [4.78, 5) is 18.2. The van der Waals surface area contributed by atoms with Crippen molar-refractivity contribution in [3.8, 4) is 23.3 Å². The molecule has 0 radical (unpaired) electrons. The molecule has 1 heterocycles. The number of anilines is 1. The van der Waals surface area contributed by atoms with Gasteiger partial charge in [-0.15, -0.1) is 0 Å². The molecule has 1 atom stereocenters. The maximum Gasteiger partial charge on any atom is 0.319 e. The molecule has 36 heavy (non-hydrogen) atoms. The standard InChI is InChI=1S/C26H30ClN5O4/c1-4-29-26(34)31-22-8-7-19(12-21(22)27)36-24-9-10-30-23-13-25(17(14-28)11-20(23)24)35-16-18(33)15-32(5-2)6-3/h7-13,18,33H,4-6,15-16H2,1-3H3,(H2,29,31,34)/t18-/m1/s1. The van der Waals surface area contributed by atoms with E-state index < -0.39 is 6.10 Å². The number of nitrogens with one attached hydrogen (secondary N) is 2. The van der Waals surface area contributed by atoms with Gasteiger partial charge in [-0.2, -0.15) is 5.26 Å². The number of fused-ring (bicyclic) bond motifs is 1. The second kappa shape index (κ2) is 12.9. The molecule has 2 amide bonds. The fraction of sp³-hybridized carbons (Fsp3) is 0.346. The summed E-state index contributed by atoms with van der Waals surface area (Å²) < 4.78 is 11.8. The number of likely N-dealkylation sites (N-methyl/N-ethyl adjacent to an activating group) is 1. The SMILES string of the molecule is CCNC(=O)Nc1ccc(Oc2ccnc3cc(OC[C@H](O)CN(CC)CC)c(C#N)cc23)cc1Cl. The average Bonchev–Trinajstić information content (AvgIpc) is 2.87. The molecule has 2 aromatic carbocycles. The normalized spacial score (nSPS) is 11.7. The highest BCUT2D eigenvalue weighted by Crippen LogP contribution is 2.35. The van der Waals surface area contributed by atoms with Crippen molar-refractivity contribution in [1.82, 2.24) is 15.2 Å². The minimum absolute atomic E-state index is 0.0576. The van der Waals surface area contributed by atoms with Gasteiger partial charge in [-0.3, -0.25) is 4.98 Å². The van der Waals surface area contributed by atoms with Gasteiger partial charge < -0.3 is 30.1 Å². The minimum Gasteiger partial charge on any atom is -0.489 e. The molecule has 10 heteroatoms. The van der Waals surface area contributed by atoms with Crippen LogP contribution < -0.4 is 20.1 Å². The molecule has 1 aromatic heterocycles. The van der Waals surface area contributed by atoms with Gasteiger partial charge >= 0.3 is 6.03 Å². The van der Waals surface area contributed by atoms with Crippen LogP contribution in [0.25, 0.3) is 10.9 Å². The number of benzene rings is 2. The van der Waals surface area contributed by atoms with Crippen LogP contribution in [0.5, 0.6) is 17.2 Å². The van der Waals surface area contributed by atoms with Crippen LogP contribution in [-0.4, -0.2) is 59.9 Å². The number of urea groups is 1. The monoisotopic (exact) mass is 511 g/mol. The maximum atomic E-state index is 11.8. The number of carbonyl (C=O) groups excluding carboxylic acids is 1. The zero-order valence-corrected chi connectivity index (χ0v) is 21.3. The summed E-state index contributed by atoms with van der Waals surface area (Å²) >= 11 is 6.32. The van der Waals surface area contributed by atoms with Crippen LogP contribution in [0, 0.1) is 11.3 Å².